The largest absolute Gasteiger partial charge is 0.352 e. The second kappa shape index (κ2) is 14.6. The van der Waals surface area contributed by atoms with Crippen LogP contribution in [0.25, 0.3) is 0 Å². The molecule has 0 bridgehead atoms. The average molecular weight is 641 g/mol. The molecule has 9 heteroatoms. The number of hydrogen-bond donors (Lipinski definition) is 1. The van der Waals surface area contributed by atoms with Gasteiger partial charge in [-0.1, -0.05) is 89.4 Å². The first-order chi connectivity index (χ1) is 19.7. The average Bonchev–Trinajstić information content (AvgIpc) is 3.46. The number of benzene rings is 3. The highest BCUT2D eigenvalue weighted by atomic mass is 79.9. The Morgan fingerprint density at radius 2 is 1.56 bits per heavy atom. The SMILES string of the molecule is CS(=O)(=O)N(CCCC(=O)N(Cc1cccc(Br)c1)[C@H](Cc1ccccc1)C(=O)NC1CCCC1)c1ccccc1. The molecule has 218 valence electrons. The number of carbonyl (C=O) groups excluding carboxylic acids is 2. The van der Waals surface area contributed by atoms with E-state index in [1.807, 2.05) is 60.7 Å². The van der Waals surface area contributed by atoms with Crippen molar-refractivity contribution in [1.29, 1.82) is 0 Å². The summed E-state index contributed by atoms with van der Waals surface area (Å²) in [5.74, 6) is -0.333. The predicted octanol–water partition coefficient (Wildman–Crippen LogP) is 5.69. The minimum absolute atomic E-state index is 0.106. The lowest BCUT2D eigenvalue weighted by Gasteiger charge is -2.33. The van der Waals surface area contributed by atoms with Gasteiger partial charge in [0.2, 0.25) is 21.8 Å². The van der Waals surface area contributed by atoms with Crippen molar-refractivity contribution in [3.63, 3.8) is 0 Å². The summed E-state index contributed by atoms with van der Waals surface area (Å²) in [6, 6.07) is 25.8. The van der Waals surface area contributed by atoms with E-state index >= 15 is 0 Å². The lowest BCUT2D eigenvalue weighted by molar-refractivity contribution is -0.141. The fourth-order valence-corrected chi connectivity index (χ4v) is 6.76. The summed E-state index contributed by atoms with van der Waals surface area (Å²) in [5.41, 5.74) is 2.44. The van der Waals surface area contributed by atoms with Crippen LogP contribution in [0.2, 0.25) is 0 Å². The molecule has 3 aromatic carbocycles. The van der Waals surface area contributed by atoms with Crippen LogP contribution in [0.3, 0.4) is 0 Å². The second-order valence-corrected chi connectivity index (χ2v) is 13.4. The molecule has 4 rings (SSSR count). The number of carbonyl (C=O) groups is 2. The van der Waals surface area contributed by atoms with E-state index in [1.165, 1.54) is 10.6 Å². The number of hydrogen-bond acceptors (Lipinski definition) is 4. The van der Waals surface area contributed by atoms with Gasteiger partial charge in [-0.25, -0.2) is 8.42 Å². The zero-order chi connectivity index (χ0) is 29.2. The predicted molar refractivity (Wildman–Crippen MR) is 167 cm³/mol. The molecule has 7 nitrogen and oxygen atoms in total. The Hall–Kier alpha value is -3.17. The summed E-state index contributed by atoms with van der Waals surface area (Å²) in [6.07, 6.45) is 6.06. The van der Waals surface area contributed by atoms with Crippen LogP contribution >= 0.6 is 15.9 Å². The Morgan fingerprint density at radius 3 is 2.20 bits per heavy atom. The maximum absolute atomic E-state index is 13.9. The van der Waals surface area contributed by atoms with Crippen LogP contribution in [-0.2, 0) is 32.6 Å². The minimum Gasteiger partial charge on any atom is -0.352 e. The molecule has 3 aromatic rings. The zero-order valence-corrected chi connectivity index (χ0v) is 25.8. The van der Waals surface area contributed by atoms with Gasteiger partial charge in [0.1, 0.15) is 6.04 Å². The fourth-order valence-electron chi connectivity index (χ4n) is 5.35. The number of amides is 2. The quantitative estimate of drug-likeness (QED) is 0.260. The molecular weight excluding hydrogens is 602 g/mol. The highest BCUT2D eigenvalue weighted by molar-refractivity contribution is 9.10. The maximum Gasteiger partial charge on any atom is 0.243 e. The number of nitrogens with zero attached hydrogens (tertiary/aromatic N) is 2. The summed E-state index contributed by atoms with van der Waals surface area (Å²) in [7, 11) is -3.53. The Labute approximate surface area is 252 Å². The van der Waals surface area contributed by atoms with E-state index in [0.717, 1.165) is 41.3 Å². The molecule has 2 amide bonds. The van der Waals surface area contributed by atoms with E-state index in [-0.39, 0.29) is 37.4 Å². The molecule has 0 radical (unpaired) electrons. The first-order valence-corrected chi connectivity index (χ1v) is 16.8. The molecule has 1 fully saturated rings. The molecule has 0 heterocycles. The summed E-state index contributed by atoms with van der Waals surface area (Å²) in [5, 5.41) is 3.22. The highest BCUT2D eigenvalue weighted by Crippen LogP contribution is 2.22. The zero-order valence-electron chi connectivity index (χ0n) is 23.4. The normalized spacial score (nSPS) is 14.4. The highest BCUT2D eigenvalue weighted by Gasteiger charge is 2.32. The number of anilines is 1. The Kier molecular flexibility index (Phi) is 11.0. The third-order valence-corrected chi connectivity index (χ3v) is 9.10. The van der Waals surface area contributed by atoms with Crippen LogP contribution in [0.5, 0.6) is 0 Å². The van der Waals surface area contributed by atoms with Crippen LogP contribution in [0, 0.1) is 0 Å². The van der Waals surface area contributed by atoms with Gasteiger partial charge in [0.25, 0.3) is 0 Å². The number of nitrogens with one attached hydrogen (secondary N) is 1. The Morgan fingerprint density at radius 1 is 0.927 bits per heavy atom. The van der Waals surface area contributed by atoms with E-state index in [1.54, 1.807) is 29.2 Å². The molecule has 0 aliphatic heterocycles. The van der Waals surface area contributed by atoms with E-state index in [0.29, 0.717) is 18.5 Å². The summed E-state index contributed by atoms with van der Waals surface area (Å²) in [6.45, 7) is 0.430. The van der Waals surface area contributed by atoms with E-state index in [4.69, 9.17) is 0 Å². The monoisotopic (exact) mass is 639 g/mol. The number of halogens is 1. The molecule has 1 saturated carbocycles. The van der Waals surface area contributed by atoms with E-state index in [2.05, 4.69) is 21.2 Å². The van der Waals surface area contributed by atoms with Gasteiger partial charge in [0.05, 0.1) is 11.9 Å². The molecule has 1 aliphatic rings. The molecule has 1 atom stereocenters. The summed E-state index contributed by atoms with van der Waals surface area (Å²) in [4.78, 5) is 29.4. The van der Waals surface area contributed by atoms with Crippen LogP contribution in [0.15, 0.2) is 89.4 Å². The van der Waals surface area contributed by atoms with Gasteiger partial charge in [-0.15, -0.1) is 0 Å². The van der Waals surface area contributed by atoms with Gasteiger partial charge in [0.15, 0.2) is 0 Å². The van der Waals surface area contributed by atoms with Gasteiger partial charge in [-0.05, 0) is 54.7 Å². The van der Waals surface area contributed by atoms with E-state index in [9.17, 15) is 18.0 Å². The molecule has 0 aromatic heterocycles. The van der Waals surface area contributed by atoms with Crippen LogP contribution in [0.1, 0.15) is 49.7 Å². The topological polar surface area (TPSA) is 86.8 Å². The molecule has 1 N–H and O–H groups in total. The van der Waals surface area contributed by atoms with Gasteiger partial charge in [-0.3, -0.25) is 13.9 Å². The van der Waals surface area contributed by atoms with Crippen molar-refractivity contribution >= 4 is 43.5 Å². The van der Waals surface area contributed by atoms with Crippen LogP contribution in [0.4, 0.5) is 5.69 Å². The third-order valence-electron chi connectivity index (χ3n) is 7.41. The molecule has 0 saturated heterocycles. The first kappa shape index (κ1) is 30.8. The first-order valence-electron chi connectivity index (χ1n) is 14.1. The third kappa shape index (κ3) is 9.16. The number of rotatable bonds is 13. The van der Waals surface area contributed by atoms with Crippen LogP contribution in [-0.4, -0.2) is 50.0 Å². The molecule has 0 spiro atoms. The lowest BCUT2D eigenvalue weighted by atomic mass is 10.0. The van der Waals surface area contributed by atoms with Crippen molar-refractivity contribution in [3.05, 3.63) is 101 Å². The number of para-hydroxylation sites is 1. The van der Waals surface area contributed by atoms with Crippen molar-refractivity contribution in [2.45, 2.75) is 63.6 Å². The summed E-state index contributed by atoms with van der Waals surface area (Å²) < 4.78 is 27.3. The number of sulfonamides is 1. The van der Waals surface area contributed by atoms with Gasteiger partial charge < -0.3 is 10.2 Å². The summed E-state index contributed by atoms with van der Waals surface area (Å²) >= 11 is 3.52. The molecule has 0 unspecified atom stereocenters. The van der Waals surface area contributed by atoms with E-state index < -0.39 is 16.1 Å². The Balaban J connectivity index is 1.58. The standard InChI is InChI=1S/C32H38BrN3O4S/c1-41(39,40)36(29-18-6-3-7-19-29)21-11-20-31(37)35(24-26-14-10-15-27(33)22-26)30(23-25-12-4-2-5-13-25)32(38)34-28-16-8-9-17-28/h2-7,10,12-15,18-19,22,28,30H,8-9,11,16-17,20-21,23-24H2,1H3,(H,34,38)/t30-/m1/s1. The van der Waals surface area contributed by atoms with Gasteiger partial charge in [0, 0.05) is 36.4 Å². The Bertz CT molecular complexity index is 1400. The van der Waals surface area contributed by atoms with Crippen molar-refractivity contribution < 1.29 is 18.0 Å². The van der Waals surface area contributed by atoms with Crippen LogP contribution < -0.4 is 9.62 Å². The van der Waals surface area contributed by atoms with Gasteiger partial charge >= 0.3 is 0 Å². The maximum atomic E-state index is 13.9. The van der Waals surface area contributed by atoms with Crippen molar-refractivity contribution in [2.24, 2.45) is 0 Å². The van der Waals surface area contributed by atoms with Crippen molar-refractivity contribution in [3.8, 4) is 0 Å². The van der Waals surface area contributed by atoms with Crippen molar-refractivity contribution in [2.75, 3.05) is 17.1 Å². The smallest absolute Gasteiger partial charge is 0.243 e. The molecule has 1 aliphatic carbocycles. The van der Waals surface area contributed by atoms with Crippen molar-refractivity contribution in [1.82, 2.24) is 10.2 Å². The fraction of sp³-hybridized carbons (Fsp3) is 0.375. The lowest BCUT2D eigenvalue weighted by Crippen LogP contribution is -2.52. The molecule has 41 heavy (non-hydrogen) atoms. The second-order valence-electron chi connectivity index (χ2n) is 10.6. The molecular formula is C32H38BrN3O4S. The minimum atomic E-state index is -3.53. The van der Waals surface area contributed by atoms with Gasteiger partial charge in [-0.2, -0.15) is 0 Å².